The van der Waals surface area contributed by atoms with Gasteiger partial charge in [-0.15, -0.1) is 11.3 Å². The van der Waals surface area contributed by atoms with E-state index >= 15 is 0 Å². The highest BCUT2D eigenvalue weighted by Crippen LogP contribution is 2.27. The fourth-order valence-electron chi connectivity index (χ4n) is 1.70. The van der Waals surface area contributed by atoms with Crippen LogP contribution in [0.3, 0.4) is 0 Å². The zero-order chi connectivity index (χ0) is 13.2. The maximum absolute atomic E-state index is 10.8. The van der Waals surface area contributed by atoms with Crippen LogP contribution < -0.4 is 0 Å². The van der Waals surface area contributed by atoms with Gasteiger partial charge in [0.15, 0.2) is 0 Å². The van der Waals surface area contributed by atoms with Crippen LogP contribution in [0.5, 0.6) is 0 Å². The van der Waals surface area contributed by atoms with Crippen molar-refractivity contribution in [3.05, 3.63) is 35.6 Å². The van der Waals surface area contributed by atoms with Crippen LogP contribution in [-0.4, -0.2) is 21.0 Å². The van der Waals surface area contributed by atoms with Crippen LogP contribution in [0.25, 0.3) is 10.6 Å². The van der Waals surface area contributed by atoms with E-state index in [1.165, 1.54) is 0 Å². The van der Waals surface area contributed by atoms with Crippen molar-refractivity contribution in [2.45, 2.75) is 25.7 Å². The van der Waals surface area contributed by atoms with E-state index in [4.69, 9.17) is 5.11 Å². The molecule has 0 radical (unpaired) electrons. The SMILES string of the molecule is CC(C)(CC(=O)O)c1nccc(-c2cccs2)n1. The average molecular weight is 262 g/mol. The van der Waals surface area contributed by atoms with Crippen LogP contribution in [0.4, 0.5) is 0 Å². The minimum Gasteiger partial charge on any atom is -0.481 e. The standard InChI is InChI=1S/C13H14N2O2S/c1-13(2,8-11(16)17)12-14-6-5-9(15-12)10-4-3-7-18-10/h3-7H,8H2,1-2H3,(H,16,17). The predicted molar refractivity (Wildman–Crippen MR) is 70.6 cm³/mol. The molecular formula is C13H14N2O2S. The Kier molecular flexibility index (Phi) is 3.43. The third-order valence-electron chi connectivity index (χ3n) is 2.63. The van der Waals surface area contributed by atoms with E-state index in [2.05, 4.69) is 9.97 Å². The number of hydrogen-bond donors (Lipinski definition) is 1. The second-order valence-corrected chi connectivity index (χ2v) is 5.64. The lowest BCUT2D eigenvalue weighted by Gasteiger charge is -2.20. The maximum Gasteiger partial charge on any atom is 0.304 e. The fourth-order valence-corrected chi connectivity index (χ4v) is 2.40. The molecule has 2 heterocycles. The number of carboxylic acid groups (broad SMARTS) is 1. The summed E-state index contributed by atoms with van der Waals surface area (Å²) in [7, 11) is 0. The zero-order valence-electron chi connectivity index (χ0n) is 10.3. The van der Waals surface area contributed by atoms with Gasteiger partial charge in [0.2, 0.25) is 0 Å². The minimum atomic E-state index is -0.842. The highest BCUT2D eigenvalue weighted by Gasteiger charge is 2.27. The Morgan fingerprint density at radius 3 is 2.83 bits per heavy atom. The third-order valence-corrected chi connectivity index (χ3v) is 3.52. The van der Waals surface area contributed by atoms with Gasteiger partial charge in [-0.2, -0.15) is 0 Å². The molecule has 0 aliphatic carbocycles. The second kappa shape index (κ2) is 4.86. The van der Waals surface area contributed by atoms with Gasteiger partial charge in [-0.25, -0.2) is 9.97 Å². The largest absolute Gasteiger partial charge is 0.481 e. The summed E-state index contributed by atoms with van der Waals surface area (Å²) in [5.74, 6) is -0.277. The molecular weight excluding hydrogens is 248 g/mol. The summed E-state index contributed by atoms with van der Waals surface area (Å²) in [5.41, 5.74) is 0.271. The zero-order valence-corrected chi connectivity index (χ0v) is 11.1. The predicted octanol–water partition coefficient (Wildman–Crippen LogP) is 2.96. The first-order valence-corrected chi connectivity index (χ1v) is 6.46. The molecule has 0 amide bonds. The number of aromatic nitrogens is 2. The van der Waals surface area contributed by atoms with Crippen LogP contribution in [0.15, 0.2) is 29.8 Å². The summed E-state index contributed by atoms with van der Waals surface area (Å²) in [6.07, 6.45) is 1.70. The number of nitrogens with zero attached hydrogens (tertiary/aromatic N) is 2. The van der Waals surface area contributed by atoms with Crippen molar-refractivity contribution in [2.75, 3.05) is 0 Å². The van der Waals surface area contributed by atoms with Gasteiger partial charge in [0.25, 0.3) is 0 Å². The van der Waals surface area contributed by atoms with E-state index in [9.17, 15) is 4.79 Å². The smallest absolute Gasteiger partial charge is 0.304 e. The summed E-state index contributed by atoms with van der Waals surface area (Å²) < 4.78 is 0. The quantitative estimate of drug-likeness (QED) is 0.920. The summed E-state index contributed by atoms with van der Waals surface area (Å²) in [6.45, 7) is 3.68. The van der Waals surface area contributed by atoms with Gasteiger partial charge >= 0.3 is 5.97 Å². The maximum atomic E-state index is 10.8. The molecule has 0 atom stereocenters. The molecule has 1 N–H and O–H groups in total. The Morgan fingerprint density at radius 2 is 2.22 bits per heavy atom. The van der Waals surface area contributed by atoms with Crippen molar-refractivity contribution in [3.8, 4) is 10.6 Å². The van der Waals surface area contributed by atoms with E-state index < -0.39 is 11.4 Å². The van der Waals surface area contributed by atoms with Gasteiger partial charge in [0.05, 0.1) is 17.0 Å². The van der Waals surface area contributed by atoms with Gasteiger partial charge in [-0.05, 0) is 17.5 Å². The highest BCUT2D eigenvalue weighted by molar-refractivity contribution is 7.13. The Bertz CT molecular complexity index is 550. The molecule has 0 aromatic carbocycles. The highest BCUT2D eigenvalue weighted by atomic mass is 32.1. The van der Waals surface area contributed by atoms with Crippen molar-refractivity contribution in [3.63, 3.8) is 0 Å². The summed E-state index contributed by atoms with van der Waals surface area (Å²) >= 11 is 1.60. The van der Waals surface area contributed by atoms with E-state index in [1.807, 2.05) is 37.4 Å². The second-order valence-electron chi connectivity index (χ2n) is 4.70. The van der Waals surface area contributed by atoms with Crippen LogP contribution in [0, 0.1) is 0 Å². The Hall–Kier alpha value is -1.75. The fraction of sp³-hybridized carbons (Fsp3) is 0.308. The molecule has 2 aromatic heterocycles. The monoisotopic (exact) mass is 262 g/mol. The first-order chi connectivity index (χ1) is 8.49. The Labute approximate surface area is 109 Å². The molecule has 2 aromatic rings. The molecule has 0 unspecified atom stereocenters. The van der Waals surface area contributed by atoms with E-state index in [0.717, 1.165) is 10.6 Å². The van der Waals surface area contributed by atoms with Gasteiger partial charge in [-0.1, -0.05) is 19.9 Å². The molecule has 4 nitrogen and oxygen atoms in total. The van der Waals surface area contributed by atoms with Crippen LogP contribution in [-0.2, 0) is 10.2 Å². The molecule has 0 spiro atoms. The molecule has 5 heteroatoms. The average Bonchev–Trinajstić information content (AvgIpc) is 2.81. The summed E-state index contributed by atoms with van der Waals surface area (Å²) in [5, 5.41) is 10.9. The summed E-state index contributed by atoms with van der Waals surface area (Å²) in [6, 6.07) is 5.79. The van der Waals surface area contributed by atoms with Gasteiger partial charge in [0.1, 0.15) is 5.82 Å². The molecule has 0 bridgehead atoms. The van der Waals surface area contributed by atoms with Gasteiger partial charge in [-0.3, -0.25) is 4.79 Å². The van der Waals surface area contributed by atoms with E-state index in [-0.39, 0.29) is 6.42 Å². The number of carboxylic acids is 1. The van der Waals surface area contributed by atoms with Gasteiger partial charge in [0, 0.05) is 11.6 Å². The Morgan fingerprint density at radius 1 is 1.44 bits per heavy atom. The lowest BCUT2D eigenvalue weighted by molar-refractivity contribution is -0.138. The molecule has 18 heavy (non-hydrogen) atoms. The first-order valence-electron chi connectivity index (χ1n) is 5.58. The molecule has 0 saturated heterocycles. The van der Waals surface area contributed by atoms with Gasteiger partial charge < -0.3 is 5.11 Å². The Balaban J connectivity index is 2.35. The lowest BCUT2D eigenvalue weighted by Crippen LogP contribution is -2.24. The number of rotatable bonds is 4. The summed E-state index contributed by atoms with van der Waals surface area (Å²) in [4.78, 5) is 20.6. The number of hydrogen-bond acceptors (Lipinski definition) is 4. The first kappa shape index (κ1) is 12.7. The van der Waals surface area contributed by atoms with Crippen molar-refractivity contribution in [1.82, 2.24) is 9.97 Å². The molecule has 2 rings (SSSR count). The van der Waals surface area contributed by atoms with Crippen LogP contribution in [0.2, 0.25) is 0 Å². The van der Waals surface area contributed by atoms with Crippen molar-refractivity contribution >= 4 is 17.3 Å². The molecule has 0 saturated carbocycles. The van der Waals surface area contributed by atoms with E-state index in [0.29, 0.717) is 5.82 Å². The van der Waals surface area contributed by atoms with Crippen molar-refractivity contribution in [1.29, 1.82) is 0 Å². The normalized spacial score (nSPS) is 11.4. The van der Waals surface area contributed by atoms with Crippen molar-refractivity contribution in [2.24, 2.45) is 0 Å². The van der Waals surface area contributed by atoms with Crippen LogP contribution >= 0.6 is 11.3 Å². The number of carbonyl (C=O) groups is 1. The molecule has 0 aliphatic rings. The minimum absolute atomic E-state index is 0.0148. The van der Waals surface area contributed by atoms with Crippen LogP contribution in [0.1, 0.15) is 26.1 Å². The third kappa shape index (κ3) is 2.73. The van der Waals surface area contributed by atoms with Crippen molar-refractivity contribution < 1.29 is 9.90 Å². The topological polar surface area (TPSA) is 63.1 Å². The lowest BCUT2D eigenvalue weighted by atomic mass is 9.88. The number of thiophene rings is 1. The molecule has 94 valence electrons. The number of aliphatic carboxylic acids is 1. The molecule has 0 aliphatic heterocycles. The molecule has 0 fully saturated rings. The van der Waals surface area contributed by atoms with E-state index in [1.54, 1.807) is 17.5 Å².